The summed E-state index contributed by atoms with van der Waals surface area (Å²) >= 11 is 0. The number of fused-ring (bicyclic) bond motifs is 2. The van der Waals surface area contributed by atoms with Crippen molar-refractivity contribution in [2.75, 3.05) is 25.5 Å². The summed E-state index contributed by atoms with van der Waals surface area (Å²) in [5, 5.41) is 9.94. The molecule has 4 rings (SSSR count). The van der Waals surface area contributed by atoms with E-state index in [1.165, 1.54) is 18.0 Å². The van der Waals surface area contributed by atoms with E-state index in [9.17, 15) is 18.0 Å². The third-order valence-corrected chi connectivity index (χ3v) is 7.03. The van der Waals surface area contributed by atoms with Crippen LogP contribution in [0.4, 0.5) is 5.69 Å². The lowest BCUT2D eigenvalue weighted by Crippen LogP contribution is -2.42. The van der Waals surface area contributed by atoms with E-state index >= 15 is 0 Å². The van der Waals surface area contributed by atoms with Crippen LogP contribution in [-0.2, 0) is 19.6 Å². The van der Waals surface area contributed by atoms with Crippen molar-refractivity contribution in [2.24, 2.45) is 0 Å². The molecule has 1 aliphatic heterocycles. The highest BCUT2D eigenvalue weighted by atomic mass is 32.2. The first-order valence-electron chi connectivity index (χ1n) is 9.26. The number of rotatable bonds is 5. The summed E-state index contributed by atoms with van der Waals surface area (Å²) in [4.78, 5) is 26.7. The number of nitrogens with zero attached hydrogens (tertiary/aromatic N) is 3. The summed E-state index contributed by atoms with van der Waals surface area (Å²) in [6.45, 7) is 1.36. The minimum atomic E-state index is -3.97. The molecule has 0 spiro atoms. The van der Waals surface area contributed by atoms with Gasteiger partial charge in [0.25, 0.3) is 5.91 Å². The third kappa shape index (κ3) is 3.23. The maximum atomic E-state index is 13.1. The number of sulfonamides is 1. The summed E-state index contributed by atoms with van der Waals surface area (Å²) < 4.78 is 27.2. The highest BCUT2D eigenvalue weighted by Gasteiger charge is 2.36. The van der Waals surface area contributed by atoms with Gasteiger partial charge in [-0.25, -0.2) is 8.42 Å². The van der Waals surface area contributed by atoms with Crippen molar-refractivity contribution in [1.82, 2.24) is 19.8 Å². The zero-order valence-corrected chi connectivity index (χ0v) is 17.5. The minimum absolute atomic E-state index is 0.0484. The molecule has 3 aromatic rings. The van der Waals surface area contributed by atoms with Gasteiger partial charge in [-0.2, -0.15) is 9.40 Å². The Morgan fingerprint density at radius 1 is 1.30 bits per heavy atom. The predicted octanol–water partition coefficient (Wildman–Crippen LogP) is 1.33. The van der Waals surface area contributed by atoms with Crippen LogP contribution < -0.4 is 10.2 Å². The molecule has 0 radical (unpaired) electrons. The van der Waals surface area contributed by atoms with Crippen LogP contribution in [0.15, 0.2) is 47.5 Å². The van der Waals surface area contributed by atoms with Crippen LogP contribution >= 0.6 is 0 Å². The molecule has 0 saturated heterocycles. The van der Waals surface area contributed by atoms with Crippen LogP contribution in [0, 0.1) is 6.92 Å². The number of H-pyrrole nitrogens is 1. The van der Waals surface area contributed by atoms with E-state index in [0.29, 0.717) is 16.5 Å². The molecule has 0 bridgehead atoms. The Morgan fingerprint density at radius 3 is 2.80 bits per heavy atom. The molecule has 9 nitrogen and oxygen atoms in total. The number of carbonyl (C=O) groups is 2. The SMILES string of the molecule is Cc1cc(S(=O)(=O)N(C)CC(=O)NC2C(=O)N(C)c3ccccc32)c2[nH]ncc2c1. The van der Waals surface area contributed by atoms with Crippen molar-refractivity contribution in [3.63, 3.8) is 0 Å². The third-order valence-electron chi connectivity index (χ3n) is 5.20. The predicted molar refractivity (Wildman–Crippen MR) is 111 cm³/mol. The Hall–Kier alpha value is -3.24. The van der Waals surface area contributed by atoms with Crippen molar-refractivity contribution >= 4 is 38.4 Å². The van der Waals surface area contributed by atoms with Gasteiger partial charge in [0, 0.05) is 30.7 Å². The van der Waals surface area contributed by atoms with Crippen molar-refractivity contribution in [3.8, 4) is 0 Å². The van der Waals surface area contributed by atoms with Crippen LogP contribution in [0.25, 0.3) is 10.9 Å². The van der Waals surface area contributed by atoms with E-state index in [0.717, 1.165) is 15.6 Å². The molecule has 0 saturated carbocycles. The van der Waals surface area contributed by atoms with Crippen LogP contribution in [-0.4, -0.2) is 55.4 Å². The summed E-state index contributed by atoms with van der Waals surface area (Å²) in [6.07, 6.45) is 1.55. The lowest BCUT2D eigenvalue weighted by atomic mass is 10.1. The Morgan fingerprint density at radius 2 is 2.03 bits per heavy atom. The van der Waals surface area contributed by atoms with Gasteiger partial charge in [-0.3, -0.25) is 14.7 Å². The van der Waals surface area contributed by atoms with Gasteiger partial charge in [0.15, 0.2) is 0 Å². The lowest BCUT2D eigenvalue weighted by Gasteiger charge is -2.19. The molecule has 1 atom stereocenters. The van der Waals surface area contributed by atoms with Crippen molar-refractivity contribution in [3.05, 3.63) is 53.7 Å². The Bertz CT molecular complexity index is 1270. The van der Waals surface area contributed by atoms with E-state index in [1.54, 1.807) is 38.4 Å². The van der Waals surface area contributed by atoms with Gasteiger partial charge in [0.1, 0.15) is 10.9 Å². The standard InChI is InChI=1S/C20H21N5O4S/c1-12-8-13-10-21-23-18(13)16(9-12)30(28,29)24(2)11-17(26)22-19-14-6-4-5-7-15(14)25(3)20(19)27/h4-10,19H,11H2,1-3H3,(H,21,23)(H,22,26). The fraction of sp³-hybridized carbons (Fsp3) is 0.250. The van der Waals surface area contributed by atoms with Gasteiger partial charge >= 0.3 is 0 Å². The fourth-order valence-electron chi connectivity index (χ4n) is 3.66. The fourth-order valence-corrected chi connectivity index (χ4v) is 5.03. The largest absolute Gasteiger partial charge is 0.339 e. The molecule has 2 amide bonds. The molecule has 2 aromatic carbocycles. The van der Waals surface area contributed by atoms with Crippen LogP contribution in [0.3, 0.4) is 0 Å². The second-order valence-corrected chi connectivity index (χ2v) is 9.33. The molecule has 2 heterocycles. The van der Waals surface area contributed by atoms with Gasteiger partial charge in [0.2, 0.25) is 15.9 Å². The number of aromatic amines is 1. The van der Waals surface area contributed by atoms with Crippen molar-refractivity contribution in [2.45, 2.75) is 17.9 Å². The average Bonchev–Trinajstić information content (AvgIpc) is 3.26. The minimum Gasteiger partial charge on any atom is -0.339 e. The van der Waals surface area contributed by atoms with Gasteiger partial charge in [-0.1, -0.05) is 18.2 Å². The zero-order chi connectivity index (χ0) is 21.6. The molecule has 0 aliphatic carbocycles. The number of hydrogen-bond acceptors (Lipinski definition) is 5. The first-order valence-corrected chi connectivity index (χ1v) is 10.7. The summed E-state index contributed by atoms with van der Waals surface area (Å²) in [6, 6.07) is 9.68. The van der Waals surface area contributed by atoms with Gasteiger partial charge in [0.05, 0.1) is 18.3 Å². The molecule has 1 aliphatic rings. The van der Waals surface area contributed by atoms with E-state index in [2.05, 4.69) is 15.5 Å². The first kappa shape index (κ1) is 20.0. The molecule has 156 valence electrons. The summed E-state index contributed by atoms with van der Waals surface area (Å²) in [7, 11) is -1.00. The number of hydrogen-bond donors (Lipinski definition) is 2. The number of likely N-dealkylation sites (N-methyl/N-ethyl adjacent to an activating group) is 2. The molecule has 2 N–H and O–H groups in total. The zero-order valence-electron chi connectivity index (χ0n) is 16.7. The topological polar surface area (TPSA) is 115 Å². The number of nitrogens with one attached hydrogen (secondary N) is 2. The monoisotopic (exact) mass is 427 g/mol. The maximum Gasteiger partial charge on any atom is 0.254 e. The van der Waals surface area contributed by atoms with Crippen molar-refractivity contribution < 1.29 is 18.0 Å². The van der Waals surface area contributed by atoms with Crippen molar-refractivity contribution in [1.29, 1.82) is 0 Å². The first-order chi connectivity index (χ1) is 14.2. The highest BCUT2D eigenvalue weighted by molar-refractivity contribution is 7.89. The van der Waals surface area contributed by atoms with Crippen LogP contribution in [0.5, 0.6) is 0 Å². The van der Waals surface area contributed by atoms with E-state index in [1.807, 2.05) is 12.1 Å². The molecule has 0 fully saturated rings. The second kappa shape index (κ2) is 7.22. The number of amides is 2. The smallest absolute Gasteiger partial charge is 0.254 e. The second-order valence-electron chi connectivity index (χ2n) is 7.31. The van der Waals surface area contributed by atoms with Gasteiger partial charge in [-0.15, -0.1) is 0 Å². The summed E-state index contributed by atoms with van der Waals surface area (Å²) in [5.41, 5.74) is 2.54. The number of carbonyl (C=O) groups excluding carboxylic acids is 2. The Kier molecular flexibility index (Phi) is 4.83. The molecular formula is C20H21N5O4S. The van der Waals surface area contributed by atoms with E-state index in [4.69, 9.17) is 0 Å². The normalized spacial score (nSPS) is 16.3. The number of anilines is 1. The number of benzene rings is 2. The highest BCUT2D eigenvalue weighted by Crippen LogP contribution is 2.34. The van der Waals surface area contributed by atoms with E-state index in [-0.39, 0.29) is 10.8 Å². The molecule has 10 heteroatoms. The number of aromatic nitrogens is 2. The number of aryl methyl sites for hydroxylation is 1. The average molecular weight is 427 g/mol. The molecule has 1 unspecified atom stereocenters. The molecule has 1 aromatic heterocycles. The quantitative estimate of drug-likeness (QED) is 0.637. The number of para-hydroxylation sites is 1. The van der Waals surface area contributed by atoms with Crippen LogP contribution in [0.1, 0.15) is 17.2 Å². The van der Waals surface area contributed by atoms with Gasteiger partial charge in [-0.05, 0) is 30.7 Å². The molecular weight excluding hydrogens is 406 g/mol. The lowest BCUT2D eigenvalue weighted by molar-refractivity contribution is -0.127. The van der Waals surface area contributed by atoms with E-state index < -0.39 is 28.5 Å². The summed E-state index contributed by atoms with van der Waals surface area (Å²) in [5.74, 6) is -0.842. The Labute approximate surface area is 173 Å². The van der Waals surface area contributed by atoms with Gasteiger partial charge < -0.3 is 10.2 Å². The Balaban J connectivity index is 1.55. The molecule has 30 heavy (non-hydrogen) atoms. The maximum absolute atomic E-state index is 13.1. The van der Waals surface area contributed by atoms with Crippen LogP contribution in [0.2, 0.25) is 0 Å².